The van der Waals surface area contributed by atoms with Gasteiger partial charge in [-0.05, 0) is 26.0 Å². The monoisotopic (exact) mass is 384 g/mol. The second-order valence-electron chi connectivity index (χ2n) is 5.63. The lowest BCUT2D eigenvalue weighted by Crippen LogP contribution is -2.22. The molecule has 0 radical (unpaired) electrons. The Morgan fingerprint density at radius 1 is 1.29 bits per heavy atom. The van der Waals surface area contributed by atoms with Gasteiger partial charge in [0.15, 0.2) is 5.92 Å². The van der Waals surface area contributed by atoms with Crippen molar-refractivity contribution in [2.24, 2.45) is 0 Å². The Morgan fingerprint density at radius 2 is 1.96 bits per heavy atom. The maximum Gasteiger partial charge on any atom is 0.343 e. The van der Waals surface area contributed by atoms with Crippen LogP contribution in [0.3, 0.4) is 0 Å². The molecule has 1 unspecified atom stereocenters. The largest absolute Gasteiger partial charge is 0.465 e. The van der Waals surface area contributed by atoms with Crippen LogP contribution in [0.4, 0.5) is 4.39 Å². The first-order valence-corrected chi connectivity index (χ1v) is 8.42. The molecule has 0 amide bonds. The molecule has 0 aliphatic rings. The summed E-state index contributed by atoms with van der Waals surface area (Å²) in [6.45, 7) is 3.19. The average molecular weight is 384 g/mol. The van der Waals surface area contributed by atoms with Crippen LogP contribution in [0.1, 0.15) is 35.7 Å². The summed E-state index contributed by atoms with van der Waals surface area (Å²) in [6.07, 6.45) is 6.57. The molecule has 144 valence electrons. The highest BCUT2D eigenvalue weighted by atomic mass is 19.1. The third-order valence-corrected chi connectivity index (χ3v) is 3.92. The van der Waals surface area contributed by atoms with Gasteiger partial charge in [-0.25, -0.2) is 9.18 Å². The van der Waals surface area contributed by atoms with Gasteiger partial charge in [0.2, 0.25) is 5.43 Å². The van der Waals surface area contributed by atoms with Crippen molar-refractivity contribution in [3.63, 3.8) is 0 Å². The number of benzene rings is 1. The molecule has 7 nitrogen and oxygen atoms in total. The van der Waals surface area contributed by atoms with Crippen molar-refractivity contribution in [1.29, 1.82) is 5.26 Å². The van der Waals surface area contributed by atoms with Crippen molar-refractivity contribution < 1.29 is 23.5 Å². The predicted molar refractivity (Wildman–Crippen MR) is 97.9 cm³/mol. The van der Waals surface area contributed by atoms with Crippen LogP contribution in [0.2, 0.25) is 0 Å². The third kappa shape index (κ3) is 3.86. The van der Waals surface area contributed by atoms with Crippen LogP contribution in [0.15, 0.2) is 23.1 Å². The van der Waals surface area contributed by atoms with Gasteiger partial charge in [0.25, 0.3) is 0 Å². The fourth-order valence-corrected chi connectivity index (χ4v) is 2.71. The first-order valence-electron chi connectivity index (χ1n) is 8.42. The average Bonchev–Trinajstić information content (AvgIpc) is 2.66. The molecule has 1 atom stereocenters. The molecular weight excluding hydrogens is 367 g/mol. The van der Waals surface area contributed by atoms with E-state index in [4.69, 9.17) is 15.9 Å². The van der Waals surface area contributed by atoms with Crippen molar-refractivity contribution in [3.8, 4) is 18.4 Å². The Labute approximate surface area is 160 Å². The van der Waals surface area contributed by atoms with Gasteiger partial charge < -0.3 is 14.0 Å². The number of pyridine rings is 1. The molecule has 8 heteroatoms. The number of rotatable bonds is 6. The highest BCUT2D eigenvalue weighted by Gasteiger charge is 2.27. The van der Waals surface area contributed by atoms with E-state index >= 15 is 0 Å². The fraction of sp³-hybridized carbons (Fsp3) is 0.300. The molecule has 0 saturated carbocycles. The first kappa shape index (κ1) is 20.7. The van der Waals surface area contributed by atoms with Gasteiger partial charge in [-0.15, -0.1) is 6.42 Å². The van der Waals surface area contributed by atoms with Crippen molar-refractivity contribution in [1.82, 2.24) is 4.57 Å². The van der Waals surface area contributed by atoms with Crippen LogP contribution in [0.25, 0.3) is 10.9 Å². The zero-order chi connectivity index (χ0) is 20.8. The normalized spacial score (nSPS) is 11.3. The molecule has 0 bridgehead atoms. The molecule has 0 spiro atoms. The lowest BCUT2D eigenvalue weighted by molar-refractivity contribution is -0.143. The maximum absolute atomic E-state index is 14.7. The highest BCUT2D eigenvalue weighted by Crippen LogP contribution is 2.25. The van der Waals surface area contributed by atoms with Gasteiger partial charge in [-0.1, -0.05) is 5.92 Å². The Morgan fingerprint density at radius 3 is 2.54 bits per heavy atom. The van der Waals surface area contributed by atoms with Crippen LogP contribution in [-0.4, -0.2) is 29.7 Å². The minimum absolute atomic E-state index is 0.0247. The number of hydrogen-bond donors (Lipinski definition) is 0. The minimum atomic E-state index is -1.51. The Bertz CT molecular complexity index is 1080. The molecule has 0 aliphatic heterocycles. The summed E-state index contributed by atoms with van der Waals surface area (Å²) >= 11 is 0. The highest BCUT2D eigenvalue weighted by molar-refractivity contribution is 5.94. The van der Waals surface area contributed by atoms with Crippen molar-refractivity contribution in [2.45, 2.75) is 26.3 Å². The second kappa shape index (κ2) is 8.83. The van der Waals surface area contributed by atoms with Gasteiger partial charge in [0.05, 0.1) is 31.3 Å². The van der Waals surface area contributed by atoms with Crippen LogP contribution in [0.5, 0.6) is 0 Å². The van der Waals surface area contributed by atoms with E-state index in [0.717, 1.165) is 6.07 Å². The molecule has 1 aromatic heterocycles. The van der Waals surface area contributed by atoms with Gasteiger partial charge >= 0.3 is 11.9 Å². The third-order valence-electron chi connectivity index (χ3n) is 3.92. The summed E-state index contributed by atoms with van der Waals surface area (Å²) in [7, 11) is 0. The topological polar surface area (TPSA) is 98.4 Å². The summed E-state index contributed by atoms with van der Waals surface area (Å²) in [5.74, 6) is -1.85. The quantitative estimate of drug-likeness (QED) is 0.559. The minimum Gasteiger partial charge on any atom is -0.465 e. The number of carbonyl (C=O) groups excluding carboxylic acids is 2. The van der Waals surface area contributed by atoms with Gasteiger partial charge in [-0.3, -0.25) is 9.59 Å². The summed E-state index contributed by atoms with van der Waals surface area (Å²) in [4.78, 5) is 36.7. The Balaban J connectivity index is 2.79. The van der Waals surface area contributed by atoms with Crippen LogP contribution < -0.4 is 5.43 Å². The van der Waals surface area contributed by atoms with E-state index in [2.05, 4.69) is 5.92 Å². The number of halogens is 1. The van der Waals surface area contributed by atoms with Crippen LogP contribution in [-0.2, 0) is 20.8 Å². The van der Waals surface area contributed by atoms with E-state index in [1.807, 2.05) is 0 Å². The zero-order valence-corrected chi connectivity index (χ0v) is 15.3. The number of hydrogen-bond acceptors (Lipinski definition) is 6. The smallest absolute Gasteiger partial charge is 0.343 e. The molecule has 0 N–H and O–H groups in total. The molecule has 0 aliphatic carbocycles. The number of terminal acetylenes is 1. The van der Waals surface area contributed by atoms with E-state index in [9.17, 15) is 24.0 Å². The summed E-state index contributed by atoms with van der Waals surface area (Å²) in [5, 5.41) is 9.17. The molecule has 2 aromatic rings. The Kier molecular flexibility index (Phi) is 6.51. The van der Waals surface area contributed by atoms with Crippen LogP contribution in [0, 0.1) is 29.5 Å². The van der Waals surface area contributed by atoms with Crippen molar-refractivity contribution in [2.75, 3.05) is 13.2 Å². The molecule has 2 rings (SSSR count). The summed E-state index contributed by atoms with van der Waals surface area (Å²) in [5.41, 5.74) is -1.10. The number of fused-ring (bicyclic) bond motifs is 1. The molecule has 0 fully saturated rings. The van der Waals surface area contributed by atoms with Crippen molar-refractivity contribution in [3.05, 3.63) is 45.5 Å². The fourth-order valence-electron chi connectivity index (χ4n) is 2.71. The zero-order valence-electron chi connectivity index (χ0n) is 15.3. The molecular formula is C20H17FN2O5. The number of esters is 2. The lowest BCUT2D eigenvalue weighted by Gasteiger charge is -2.15. The maximum atomic E-state index is 14.7. The van der Waals surface area contributed by atoms with E-state index in [1.54, 1.807) is 19.9 Å². The standard InChI is InChI=1S/C20H17FN2O5/c1-4-7-23-11-15(20(26)28-6-3)18(24)13-8-16(21)12(9-17(13)23)14(10-22)19(25)27-5-2/h1,8-9,11,14H,5-7H2,2-3H3. The number of carbonyl (C=O) groups is 2. The molecule has 0 saturated heterocycles. The predicted octanol–water partition coefficient (Wildman–Crippen LogP) is 2.12. The summed E-state index contributed by atoms with van der Waals surface area (Å²) in [6, 6.07) is 3.78. The van der Waals surface area contributed by atoms with E-state index in [-0.39, 0.29) is 41.8 Å². The number of nitriles is 1. The Hall–Kier alpha value is -3.65. The molecule has 1 heterocycles. The van der Waals surface area contributed by atoms with Crippen LogP contribution >= 0.6 is 0 Å². The number of aromatic nitrogens is 1. The lowest BCUT2D eigenvalue weighted by atomic mass is 9.97. The first-order chi connectivity index (χ1) is 13.4. The van der Waals surface area contributed by atoms with E-state index < -0.39 is 29.1 Å². The SMILES string of the molecule is C#CCn1cc(C(=O)OCC)c(=O)c2cc(F)c(C(C#N)C(=O)OCC)cc21. The molecule has 1 aromatic carbocycles. The molecule has 28 heavy (non-hydrogen) atoms. The van der Waals surface area contributed by atoms with E-state index in [0.29, 0.717) is 0 Å². The van der Waals surface area contributed by atoms with Gasteiger partial charge in [-0.2, -0.15) is 5.26 Å². The van der Waals surface area contributed by atoms with Gasteiger partial charge in [0, 0.05) is 17.1 Å². The number of nitrogens with zero attached hydrogens (tertiary/aromatic N) is 2. The van der Waals surface area contributed by atoms with Gasteiger partial charge in [0.1, 0.15) is 11.4 Å². The van der Waals surface area contributed by atoms with E-state index in [1.165, 1.54) is 16.8 Å². The summed E-state index contributed by atoms with van der Waals surface area (Å²) < 4.78 is 25.7. The second-order valence-corrected chi connectivity index (χ2v) is 5.63. The van der Waals surface area contributed by atoms with Crippen molar-refractivity contribution >= 4 is 22.8 Å². The number of ether oxygens (including phenoxy) is 2.